The minimum atomic E-state index is -5.17. The van der Waals surface area contributed by atoms with E-state index in [0.717, 1.165) is 5.34 Å². The average Bonchev–Trinajstić information content (AvgIpc) is 1.27. The molecular weight excluding hydrogens is 230 g/mol. The van der Waals surface area contributed by atoms with Gasteiger partial charge in [-0.15, -0.1) is 5.34 Å². The van der Waals surface area contributed by atoms with Crippen LogP contribution in [0.2, 0.25) is 0 Å². The molecule has 50 valence electrons. The van der Waals surface area contributed by atoms with Crippen LogP contribution >= 0.6 is 0 Å². The van der Waals surface area contributed by atoms with E-state index in [2.05, 4.69) is 0 Å². The molecule has 10 heavy (non-hydrogen) atoms. The van der Waals surface area contributed by atoms with Crippen LogP contribution in [0.25, 0.3) is 0 Å². The van der Waals surface area contributed by atoms with E-state index in [1.54, 1.807) is 0 Å². The van der Waals surface area contributed by atoms with Crippen LogP contribution in [0.15, 0.2) is 5.34 Å². The molecule has 0 aliphatic carbocycles. The summed E-state index contributed by atoms with van der Waals surface area (Å²) in [5, 5.41) is 9.00. The van der Waals surface area contributed by atoms with Crippen LogP contribution in [0.3, 0.4) is 0 Å². The van der Waals surface area contributed by atoms with Crippen molar-refractivity contribution in [2.45, 2.75) is 0 Å². The van der Waals surface area contributed by atoms with Gasteiger partial charge in [0.05, 0.1) is 0 Å². The third kappa shape index (κ3) is 694. The molecule has 0 heterocycles. The first-order chi connectivity index (χ1) is 3.41. The third-order valence-electron chi connectivity index (χ3n) is 0. The Balaban J connectivity index is -0.0000000326. The normalized spacial score (nSPS) is 7.00. The first-order valence-corrected chi connectivity index (χ1v) is 2.37. The zero-order chi connectivity index (χ0) is 7.21. The van der Waals surface area contributed by atoms with E-state index in [4.69, 9.17) is 27.6 Å². The van der Waals surface area contributed by atoms with Crippen LogP contribution in [0.1, 0.15) is 0 Å². The summed E-state index contributed by atoms with van der Waals surface area (Å²) in [5.74, 6) is 0. The predicted molar refractivity (Wildman–Crippen MR) is 19.6 cm³/mol. The van der Waals surface area contributed by atoms with Crippen molar-refractivity contribution < 1.29 is 66.6 Å². The molecule has 0 aromatic heterocycles. The molecule has 0 aromatic rings. The monoisotopic (exact) mass is 229 g/mol. The average molecular weight is 230 g/mol. The Hall–Kier alpha value is 0.893. The Labute approximate surface area is 91.8 Å². The summed E-state index contributed by atoms with van der Waals surface area (Å²) in [7, 11) is -5.17. The van der Waals surface area contributed by atoms with E-state index in [-0.39, 0.29) is 49.0 Å². The number of nitrogens with zero attached hydrogens (tertiary/aromatic N) is 1. The fraction of sp³-hybridized carbons (Fsp3) is 0. The molecule has 0 unspecified atom stereocenters. The van der Waals surface area contributed by atoms with E-state index in [9.17, 15) is 0 Å². The Kier molecular flexibility index (Phi) is 28.2. The van der Waals surface area contributed by atoms with E-state index >= 15 is 0 Å². The summed E-state index contributed by atoms with van der Waals surface area (Å²) in [6.07, 6.45) is 0. The maximum Gasteiger partial charge on any atom is 2.00 e. The molecule has 0 spiro atoms. The maximum absolute atomic E-state index is 8.52. The second-order valence-electron chi connectivity index (χ2n) is 0.483. The van der Waals surface area contributed by atoms with Crippen molar-refractivity contribution in [3.05, 3.63) is 10.1 Å². The van der Waals surface area contributed by atoms with Gasteiger partial charge in [-0.3, -0.25) is 8.42 Å². The van der Waals surface area contributed by atoms with Crippen molar-refractivity contribution >= 4 is 10.4 Å². The van der Waals surface area contributed by atoms with Crippen molar-refractivity contribution in [1.82, 2.24) is 0 Å². The smallest absolute Gasteiger partial charge is 0.759 e. The third-order valence-corrected chi connectivity index (χ3v) is 0. The Bertz CT molecular complexity index is 132. The van der Waals surface area contributed by atoms with Crippen molar-refractivity contribution in [3.63, 3.8) is 0 Å². The van der Waals surface area contributed by atoms with Crippen LogP contribution in [0.4, 0.5) is 0 Å². The largest absolute Gasteiger partial charge is 2.00 e. The number of hydrogen-bond donors (Lipinski definition) is 0. The molecule has 0 radical (unpaired) electrons. The van der Waals surface area contributed by atoms with Gasteiger partial charge >= 0.3 is 49.0 Å². The van der Waals surface area contributed by atoms with Crippen LogP contribution < -0.4 is 29.6 Å². The molecule has 0 rings (SSSR count). The van der Waals surface area contributed by atoms with E-state index in [0.29, 0.717) is 0 Å². The summed E-state index contributed by atoms with van der Waals surface area (Å²) in [4.78, 5) is 8.00. The SMILES string of the molecule is O=N[O-].O=S(=O)([O-])[O-].[Na+].[Zn+2]. The molecule has 0 saturated heterocycles. The zero-order valence-electron chi connectivity index (χ0n) is 5.01. The molecule has 0 aromatic carbocycles. The van der Waals surface area contributed by atoms with Gasteiger partial charge in [0, 0.05) is 10.4 Å². The molecule has 0 saturated carbocycles. The number of rotatable bonds is 0. The quantitative estimate of drug-likeness (QED) is 0.137. The predicted octanol–water partition coefficient (Wildman–Crippen LogP) is -4.09. The zero-order valence-corrected chi connectivity index (χ0v) is 10.8. The summed E-state index contributed by atoms with van der Waals surface area (Å²) >= 11 is 0. The molecule has 0 fully saturated rings. The second kappa shape index (κ2) is 12.6. The second-order valence-corrected chi connectivity index (χ2v) is 1.30. The van der Waals surface area contributed by atoms with Crippen LogP contribution in [-0.2, 0) is 29.9 Å². The van der Waals surface area contributed by atoms with Crippen molar-refractivity contribution in [2.24, 2.45) is 5.34 Å². The van der Waals surface area contributed by atoms with Crippen LogP contribution in [-0.4, -0.2) is 17.5 Å². The molecule has 0 amide bonds. The van der Waals surface area contributed by atoms with Crippen molar-refractivity contribution in [2.75, 3.05) is 0 Å². The van der Waals surface area contributed by atoms with Gasteiger partial charge in [-0.1, -0.05) is 0 Å². The van der Waals surface area contributed by atoms with Gasteiger partial charge in [0.1, 0.15) is 0 Å². The fourth-order valence-corrected chi connectivity index (χ4v) is 0. The molecule has 0 aliphatic rings. The molecule has 7 nitrogen and oxygen atoms in total. The van der Waals surface area contributed by atoms with Gasteiger partial charge in [-0.05, 0) is 0 Å². The molecule has 10 heteroatoms. The minimum absolute atomic E-state index is 0. The van der Waals surface area contributed by atoms with Crippen molar-refractivity contribution in [3.8, 4) is 0 Å². The van der Waals surface area contributed by atoms with Gasteiger partial charge in [0.15, 0.2) is 0 Å². The van der Waals surface area contributed by atoms with Crippen molar-refractivity contribution in [1.29, 1.82) is 0 Å². The standard InChI is InChI=1S/HNO2.Na.H2O4S.Zn/c2-1-3;;1-5(2,3)4;/h(H,2,3);;(H2,1,2,3,4);/q;+1;;+2/p-3. The molecular formula is NNaO6SZn. The topological polar surface area (TPSA) is 133 Å². The van der Waals surface area contributed by atoms with E-state index < -0.39 is 10.4 Å². The summed E-state index contributed by atoms with van der Waals surface area (Å²) in [6.45, 7) is 0. The summed E-state index contributed by atoms with van der Waals surface area (Å²) < 4.78 is 34.1. The molecule has 0 atom stereocenters. The number of hydrogen-bond acceptors (Lipinski definition) is 7. The van der Waals surface area contributed by atoms with E-state index in [1.165, 1.54) is 0 Å². The summed E-state index contributed by atoms with van der Waals surface area (Å²) in [5.41, 5.74) is 0. The summed E-state index contributed by atoms with van der Waals surface area (Å²) in [6, 6.07) is 0. The Morgan fingerprint density at radius 3 is 1.20 bits per heavy atom. The Morgan fingerprint density at radius 1 is 1.20 bits per heavy atom. The van der Waals surface area contributed by atoms with Gasteiger partial charge < -0.3 is 19.2 Å². The minimum Gasteiger partial charge on any atom is -0.759 e. The van der Waals surface area contributed by atoms with E-state index in [1.807, 2.05) is 0 Å². The first kappa shape index (κ1) is 22.4. The van der Waals surface area contributed by atoms with Gasteiger partial charge in [-0.25, -0.2) is 0 Å². The fourth-order valence-electron chi connectivity index (χ4n) is 0. The molecule has 0 aliphatic heterocycles. The molecule has 0 N–H and O–H groups in total. The maximum atomic E-state index is 8.52. The first-order valence-electron chi connectivity index (χ1n) is 1.03. The van der Waals surface area contributed by atoms with Gasteiger partial charge in [0.2, 0.25) is 0 Å². The molecule has 0 bridgehead atoms. The van der Waals surface area contributed by atoms with Crippen LogP contribution in [0, 0.1) is 10.1 Å². The van der Waals surface area contributed by atoms with Crippen LogP contribution in [0.5, 0.6) is 0 Å². The van der Waals surface area contributed by atoms with Gasteiger partial charge in [-0.2, -0.15) is 0 Å². The Morgan fingerprint density at radius 2 is 1.20 bits per heavy atom. The van der Waals surface area contributed by atoms with Gasteiger partial charge in [0.25, 0.3) is 0 Å².